The molecule has 1 aromatic heterocycles. The molecular formula is C23H20F3N3O3S. The number of nitriles is 1. The van der Waals surface area contributed by atoms with Crippen LogP contribution in [-0.2, 0) is 26.9 Å². The maximum atomic E-state index is 13.8. The minimum Gasteiger partial charge on any atom is -0.611 e. The van der Waals surface area contributed by atoms with E-state index in [9.17, 15) is 27.8 Å². The number of nitrogens with one attached hydrogen (secondary N) is 1. The van der Waals surface area contributed by atoms with Crippen molar-refractivity contribution in [2.45, 2.75) is 30.8 Å². The van der Waals surface area contributed by atoms with Crippen molar-refractivity contribution >= 4 is 17.1 Å². The highest BCUT2D eigenvalue weighted by Crippen LogP contribution is 2.44. The summed E-state index contributed by atoms with van der Waals surface area (Å²) >= 11 is -1.64. The van der Waals surface area contributed by atoms with E-state index >= 15 is 0 Å². The molecule has 0 spiro atoms. The number of nitrogens with zero attached hydrogens (tertiary/aromatic N) is 2. The molecule has 1 aliphatic heterocycles. The number of ether oxygens (including phenoxy) is 1. The number of carbonyl (C=O) groups excluding carboxylic acids is 1. The zero-order valence-electron chi connectivity index (χ0n) is 17.8. The Morgan fingerprint density at radius 1 is 1.27 bits per heavy atom. The number of rotatable bonds is 6. The molecule has 2 heterocycles. The summed E-state index contributed by atoms with van der Waals surface area (Å²) in [6, 6.07) is 9.82. The lowest BCUT2D eigenvalue weighted by atomic mass is 9.79. The van der Waals surface area contributed by atoms with Crippen LogP contribution in [0.4, 0.5) is 13.2 Å². The summed E-state index contributed by atoms with van der Waals surface area (Å²) in [7, 11) is 0. The Hall–Kier alpha value is -3.29. The van der Waals surface area contributed by atoms with Gasteiger partial charge in [-0.1, -0.05) is 18.2 Å². The molecular weight excluding hydrogens is 455 g/mol. The zero-order valence-corrected chi connectivity index (χ0v) is 18.6. The monoisotopic (exact) mass is 475 g/mol. The first-order valence-electron chi connectivity index (χ1n) is 9.91. The van der Waals surface area contributed by atoms with Crippen LogP contribution in [0.3, 0.4) is 0 Å². The number of hydrogen-bond donors (Lipinski definition) is 1. The van der Waals surface area contributed by atoms with E-state index in [0.29, 0.717) is 4.90 Å². The molecule has 172 valence electrons. The average Bonchev–Trinajstić information content (AvgIpc) is 2.78. The largest absolute Gasteiger partial charge is 0.611 e. The number of alkyl halides is 3. The Morgan fingerprint density at radius 3 is 2.55 bits per heavy atom. The van der Waals surface area contributed by atoms with Gasteiger partial charge in [0.15, 0.2) is 10.6 Å². The van der Waals surface area contributed by atoms with Gasteiger partial charge in [0.1, 0.15) is 0 Å². The molecule has 1 aromatic carbocycles. The van der Waals surface area contributed by atoms with E-state index < -0.39 is 34.8 Å². The molecule has 6 nitrogen and oxygen atoms in total. The van der Waals surface area contributed by atoms with E-state index in [4.69, 9.17) is 4.74 Å². The summed E-state index contributed by atoms with van der Waals surface area (Å²) in [5.74, 6) is -2.41. The maximum Gasteiger partial charge on any atom is 0.416 e. The van der Waals surface area contributed by atoms with Crippen LogP contribution in [0.2, 0.25) is 0 Å². The topological polar surface area (TPSA) is 98.1 Å². The van der Waals surface area contributed by atoms with Gasteiger partial charge in [-0.2, -0.15) is 18.4 Å². The number of benzene rings is 1. The van der Waals surface area contributed by atoms with Gasteiger partial charge < -0.3 is 14.6 Å². The Morgan fingerprint density at radius 2 is 1.94 bits per heavy atom. The number of hydrogen-bond acceptors (Lipinski definition) is 6. The van der Waals surface area contributed by atoms with Crippen molar-refractivity contribution < 1.29 is 27.3 Å². The van der Waals surface area contributed by atoms with Crippen molar-refractivity contribution in [3.8, 4) is 6.07 Å². The second kappa shape index (κ2) is 10.1. The van der Waals surface area contributed by atoms with Gasteiger partial charge in [0.2, 0.25) is 0 Å². The summed E-state index contributed by atoms with van der Waals surface area (Å²) in [6.45, 7) is 3.06. The highest BCUT2D eigenvalue weighted by molar-refractivity contribution is 7.91. The number of dihydropyridines is 1. The fourth-order valence-electron chi connectivity index (χ4n) is 3.63. The van der Waals surface area contributed by atoms with Gasteiger partial charge in [-0.15, -0.1) is 0 Å². The highest BCUT2D eigenvalue weighted by atomic mass is 32.2. The van der Waals surface area contributed by atoms with Gasteiger partial charge in [-0.05, 0) is 36.7 Å². The van der Waals surface area contributed by atoms with Crippen LogP contribution in [-0.4, -0.2) is 27.9 Å². The van der Waals surface area contributed by atoms with Crippen molar-refractivity contribution in [1.29, 1.82) is 5.26 Å². The molecule has 33 heavy (non-hydrogen) atoms. The molecule has 0 amide bonds. The molecule has 3 rings (SSSR count). The van der Waals surface area contributed by atoms with Crippen LogP contribution in [0.5, 0.6) is 0 Å². The lowest BCUT2D eigenvalue weighted by Crippen LogP contribution is -2.33. The van der Waals surface area contributed by atoms with Crippen molar-refractivity contribution in [3.05, 3.63) is 82.5 Å². The minimum atomic E-state index is -4.71. The lowest BCUT2D eigenvalue weighted by molar-refractivity contribution is -0.140. The average molecular weight is 475 g/mol. The SMILES string of the molecule is CCOC(=O)C1=C(C[S+]([O-])c2ccncc2)NC(C)=C(C#N)C1c1ccccc1C(F)(F)F. The maximum absolute atomic E-state index is 13.8. The Balaban J connectivity index is 2.22. The molecule has 1 N–H and O–H groups in total. The molecule has 0 radical (unpaired) electrons. The lowest BCUT2D eigenvalue weighted by Gasteiger charge is -2.31. The summed E-state index contributed by atoms with van der Waals surface area (Å²) < 4.78 is 59.6. The molecule has 2 aromatic rings. The first kappa shape index (κ1) is 24.4. The standard InChI is InChI=1S/C23H20F3N3O3S/c1-3-32-22(30)21-19(13-33(31)15-8-10-28-11-9-15)29-14(2)17(12-27)20(21)16-6-4-5-7-18(16)23(24,25)26/h4-11,20,29H,3,13H2,1-2H3. The summed E-state index contributed by atoms with van der Waals surface area (Å²) in [5.41, 5.74) is -1.02. The van der Waals surface area contributed by atoms with Gasteiger partial charge in [0.25, 0.3) is 0 Å². The van der Waals surface area contributed by atoms with E-state index in [2.05, 4.69) is 10.3 Å². The predicted octanol–water partition coefficient (Wildman–Crippen LogP) is 4.21. The van der Waals surface area contributed by atoms with Crippen molar-refractivity contribution in [3.63, 3.8) is 0 Å². The molecule has 10 heteroatoms. The van der Waals surface area contributed by atoms with Crippen molar-refractivity contribution in [2.24, 2.45) is 0 Å². The molecule has 0 aliphatic carbocycles. The predicted molar refractivity (Wildman–Crippen MR) is 115 cm³/mol. The third-order valence-electron chi connectivity index (χ3n) is 5.03. The van der Waals surface area contributed by atoms with Gasteiger partial charge in [0, 0.05) is 30.2 Å². The van der Waals surface area contributed by atoms with E-state index in [-0.39, 0.29) is 40.5 Å². The van der Waals surface area contributed by atoms with Gasteiger partial charge >= 0.3 is 12.1 Å². The van der Waals surface area contributed by atoms with E-state index in [1.165, 1.54) is 37.5 Å². The van der Waals surface area contributed by atoms with E-state index in [0.717, 1.165) is 6.07 Å². The minimum absolute atomic E-state index is 0.0265. The van der Waals surface area contributed by atoms with Crippen LogP contribution in [0.1, 0.15) is 30.9 Å². The molecule has 0 saturated carbocycles. The quantitative estimate of drug-likeness (QED) is 0.497. The Kier molecular flexibility index (Phi) is 7.46. The summed E-state index contributed by atoms with van der Waals surface area (Å²) in [4.78, 5) is 17.3. The van der Waals surface area contributed by atoms with Crippen LogP contribution in [0.15, 0.2) is 76.2 Å². The first-order chi connectivity index (χ1) is 15.7. The van der Waals surface area contributed by atoms with Crippen molar-refractivity contribution in [1.82, 2.24) is 10.3 Å². The molecule has 1 aliphatic rings. The van der Waals surface area contributed by atoms with Crippen molar-refractivity contribution in [2.75, 3.05) is 12.4 Å². The number of halogens is 3. The highest BCUT2D eigenvalue weighted by Gasteiger charge is 2.42. The van der Waals surface area contributed by atoms with Crippen LogP contribution in [0.25, 0.3) is 0 Å². The zero-order chi connectivity index (χ0) is 24.2. The molecule has 2 atom stereocenters. The van der Waals surface area contributed by atoms with Gasteiger partial charge in [-0.3, -0.25) is 4.98 Å². The van der Waals surface area contributed by atoms with Gasteiger partial charge in [-0.25, -0.2) is 4.79 Å². The van der Waals surface area contributed by atoms with E-state index in [1.807, 2.05) is 6.07 Å². The molecule has 0 fully saturated rings. The second-order valence-electron chi connectivity index (χ2n) is 7.08. The Bertz CT molecular complexity index is 1140. The Labute approximate surface area is 192 Å². The third-order valence-corrected chi connectivity index (χ3v) is 6.37. The fraction of sp³-hybridized carbons (Fsp3) is 0.261. The van der Waals surface area contributed by atoms with Gasteiger partial charge in [0.05, 0.1) is 41.0 Å². The summed E-state index contributed by atoms with van der Waals surface area (Å²) in [5, 5.41) is 12.7. The molecule has 2 unspecified atom stereocenters. The normalized spacial score (nSPS) is 17.3. The van der Waals surface area contributed by atoms with Crippen LogP contribution < -0.4 is 5.32 Å². The number of pyridine rings is 1. The molecule has 0 bridgehead atoms. The third kappa shape index (κ3) is 5.21. The number of aromatic nitrogens is 1. The number of carbonyl (C=O) groups is 1. The number of allylic oxidation sites excluding steroid dienone is 2. The first-order valence-corrected chi connectivity index (χ1v) is 11.2. The smallest absolute Gasteiger partial charge is 0.416 e. The molecule has 0 saturated heterocycles. The van der Waals surface area contributed by atoms with Crippen LogP contribution in [0, 0.1) is 11.3 Å². The number of esters is 1. The van der Waals surface area contributed by atoms with Crippen LogP contribution >= 0.6 is 0 Å². The second-order valence-corrected chi connectivity index (χ2v) is 8.53. The fourth-order valence-corrected chi connectivity index (χ4v) is 4.71. The summed E-state index contributed by atoms with van der Waals surface area (Å²) in [6.07, 6.45) is -1.79. The van der Waals surface area contributed by atoms with E-state index in [1.54, 1.807) is 19.1 Å².